The number of benzene rings is 1. The number of aromatic nitrogens is 2. The fourth-order valence-electron chi connectivity index (χ4n) is 4.28. The number of carboxylic acid groups (broad SMARTS) is 1. The van der Waals surface area contributed by atoms with E-state index >= 15 is 0 Å². The van der Waals surface area contributed by atoms with Crippen LogP contribution in [0.4, 0.5) is 5.69 Å². The third-order valence-electron chi connectivity index (χ3n) is 6.03. The summed E-state index contributed by atoms with van der Waals surface area (Å²) in [6.45, 7) is 1.73. The second-order valence-electron chi connectivity index (χ2n) is 8.17. The Morgan fingerprint density at radius 3 is 2.65 bits per heavy atom. The topological polar surface area (TPSA) is 120 Å². The van der Waals surface area contributed by atoms with E-state index in [1.807, 2.05) is 0 Å². The lowest BCUT2D eigenvalue weighted by atomic mass is 9.84. The van der Waals surface area contributed by atoms with E-state index in [9.17, 15) is 20.1 Å². The molecule has 1 unspecified atom stereocenters. The molecule has 0 radical (unpaired) electrons. The van der Waals surface area contributed by atoms with Crippen molar-refractivity contribution in [2.45, 2.75) is 57.0 Å². The number of azo groups is 1. The number of nitrogens with zero attached hydrogens (tertiary/aromatic N) is 4. The van der Waals surface area contributed by atoms with Gasteiger partial charge in [-0.3, -0.25) is 0 Å². The predicted molar refractivity (Wildman–Crippen MR) is 115 cm³/mol. The average Bonchev–Trinajstić information content (AvgIpc) is 3.06. The Hall–Kier alpha value is -3.42. The smallest absolute Gasteiger partial charge is 0.337 e. The number of hydrogen-bond acceptors (Lipinski definition) is 6. The van der Waals surface area contributed by atoms with Crippen LogP contribution in [-0.2, 0) is 4.79 Å². The van der Waals surface area contributed by atoms with Crippen LogP contribution >= 0.6 is 0 Å². The van der Waals surface area contributed by atoms with E-state index < -0.39 is 11.5 Å². The first kappa shape index (κ1) is 20.8. The molecule has 1 heterocycles. The summed E-state index contributed by atoms with van der Waals surface area (Å²) in [7, 11) is 0. The summed E-state index contributed by atoms with van der Waals surface area (Å²) in [6.07, 6.45) is 10.1. The van der Waals surface area contributed by atoms with Crippen molar-refractivity contribution < 1.29 is 20.1 Å². The number of aliphatic carboxylic acids is 1. The Labute approximate surface area is 180 Å². The Bertz CT molecular complexity index is 1080. The fraction of sp³-hybridized carbons (Fsp3) is 0.391. The molecule has 0 spiro atoms. The van der Waals surface area contributed by atoms with Gasteiger partial charge >= 0.3 is 5.97 Å². The number of aryl methyl sites for hydroxylation is 1. The first-order valence-corrected chi connectivity index (χ1v) is 10.5. The zero-order valence-corrected chi connectivity index (χ0v) is 17.4. The highest BCUT2D eigenvalue weighted by molar-refractivity contribution is 5.88. The van der Waals surface area contributed by atoms with Crippen LogP contribution in [0.1, 0.15) is 55.8 Å². The predicted octanol–water partition coefficient (Wildman–Crippen LogP) is 5.06. The molecule has 0 amide bonds. The third kappa shape index (κ3) is 3.97. The lowest BCUT2D eigenvalue weighted by molar-refractivity contribution is -0.141. The van der Waals surface area contributed by atoms with Crippen LogP contribution in [0, 0.1) is 6.92 Å². The SMILES string of the molecule is Cc1nn(C2CCCCC2)c(O)c1N=NC1(C(=O)O)C=CC=C(c2ccccc2O)C1. The van der Waals surface area contributed by atoms with Crippen molar-refractivity contribution in [2.24, 2.45) is 10.2 Å². The van der Waals surface area contributed by atoms with Gasteiger partial charge in [-0.05, 0) is 37.5 Å². The molecule has 1 saturated carbocycles. The van der Waals surface area contributed by atoms with E-state index in [1.54, 1.807) is 48.0 Å². The Morgan fingerprint density at radius 1 is 1.19 bits per heavy atom. The normalized spacial score (nSPS) is 22.0. The summed E-state index contributed by atoms with van der Waals surface area (Å²) in [5.41, 5.74) is 0.248. The molecular formula is C23H26N4O4. The van der Waals surface area contributed by atoms with E-state index in [0.29, 0.717) is 16.8 Å². The van der Waals surface area contributed by atoms with Crippen molar-refractivity contribution in [3.8, 4) is 11.6 Å². The summed E-state index contributed by atoms with van der Waals surface area (Å²) < 4.78 is 1.60. The molecule has 1 aromatic carbocycles. The number of hydrogen-bond donors (Lipinski definition) is 3. The minimum atomic E-state index is -1.64. The monoisotopic (exact) mass is 422 g/mol. The maximum absolute atomic E-state index is 12.2. The quantitative estimate of drug-likeness (QED) is 0.582. The third-order valence-corrected chi connectivity index (χ3v) is 6.03. The molecule has 8 nitrogen and oxygen atoms in total. The first-order valence-electron chi connectivity index (χ1n) is 10.5. The van der Waals surface area contributed by atoms with Gasteiger partial charge in [-0.2, -0.15) is 10.2 Å². The van der Waals surface area contributed by atoms with Crippen molar-refractivity contribution >= 4 is 17.2 Å². The lowest BCUT2D eigenvalue weighted by Crippen LogP contribution is -2.35. The Balaban J connectivity index is 1.64. The van der Waals surface area contributed by atoms with Crippen LogP contribution in [0.2, 0.25) is 0 Å². The lowest BCUT2D eigenvalue weighted by Gasteiger charge is -2.25. The number of allylic oxidation sites excluding steroid dienone is 2. The van der Waals surface area contributed by atoms with Gasteiger partial charge in [0.15, 0.2) is 5.69 Å². The molecule has 2 aliphatic carbocycles. The summed E-state index contributed by atoms with van der Waals surface area (Å²) in [6, 6.07) is 6.89. The second kappa shape index (κ2) is 8.37. The second-order valence-corrected chi connectivity index (χ2v) is 8.17. The standard InChI is InChI=1S/C23H26N4O4/c1-15-20(21(29)27(25-15)17-9-3-2-4-10-17)24-26-23(22(30)31)13-7-8-16(14-23)18-11-5-6-12-19(18)28/h5-8,11-13,17,28-29H,2-4,9-10,14H2,1H3,(H,30,31). The molecule has 8 heteroatoms. The van der Waals surface area contributed by atoms with E-state index in [4.69, 9.17) is 0 Å². The molecule has 162 valence electrons. The van der Waals surface area contributed by atoms with Crippen molar-refractivity contribution in [3.63, 3.8) is 0 Å². The average molecular weight is 422 g/mol. The van der Waals surface area contributed by atoms with Crippen molar-refractivity contribution in [3.05, 3.63) is 53.8 Å². The molecule has 2 aromatic rings. The fourth-order valence-corrected chi connectivity index (χ4v) is 4.28. The maximum Gasteiger partial charge on any atom is 0.337 e. The molecule has 0 aliphatic heterocycles. The highest BCUT2D eigenvalue weighted by Crippen LogP contribution is 2.40. The number of para-hydroxylation sites is 1. The van der Waals surface area contributed by atoms with E-state index in [2.05, 4.69) is 15.3 Å². The molecule has 3 N–H and O–H groups in total. The van der Waals surface area contributed by atoms with Crippen LogP contribution in [0.25, 0.3) is 5.57 Å². The number of carbonyl (C=O) groups is 1. The van der Waals surface area contributed by atoms with Crippen molar-refractivity contribution in [1.29, 1.82) is 0 Å². The highest BCUT2D eigenvalue weighted by Gasteiger charge is 2.39. The van der Waals surface area contributed by atoms with Gasteiger partial charge in [0.25, 0.3) is 0 Å². The van der Waals surface area contributed by atoms with Crippen LogP contribution in [0.15, 0.2) is 52.7 Å². The van der Waals surface area contributed by atoms with Gasteiger partial charge in [0.2, 0.25) is 11.4 Å². The minimum Gasteiger partial charge on any atom is -0.507 e. The van der Waals surface area contributed by atoms with Crippen molar-refractivity contribution in [2.75, 3.05) is 0 Å². The summed E-state index contributed by atoms with van der Waals surface area (Å²) in [4.78, 5) is 12.2. The number of rotatable bonds is 5. The van der Waals surface area contributed by atoms with E-state index in [-0.39, 0.29) is 29.8 Å². The van der Waals surface area contributed by atoms with Gasteiger partial charge in [-0.15, -0.1) is 5.11 Å². The molecule has 1 aromatic heterocycles. The van der Waals surface area contributed by atoms with Gasteiger partial charge in [0.1, 0.15) is 5.75 Å². The zero-order valence-electron chi connectivity index (χ0n) is 17.4. The van der Waals surface area contributed by atoms with Crippen LogP contribution in [0.5, 0.6) is 11.6 Å². The van der Waals surface area contributed by atoms with E-state index in [0.717, 1.165) is 25.7 Å². The molecular weight excluding hydrogens is 396 g/mol. The van der Waals surface area contributed by atoms with Gasteiger partial charge in [-0.25, -0.2) is 9.48 Å². The van der Waals surface area contributed by atoms with Gasteiger partial charge in [0.05, 0.1) is 11.7 Å². The largest absolute Gasteiger partial charge is 0.507 e. The molecule has 1 fully saturated rings. The minimum absolute atomic E-state index is 0.0243. The summed E-state index contributed by atoms with van der Waals surface area (Å²) in [5.74, 6) is -1.17. The van der Waals surface area contributed by atoms with Gasteiger partial charge in [-0.1, -0.05) is 49.6 Å². The van der Waals surface area contributed by atoms with Crippen molar-refractivity contribution in [1.82, 2.24) is 9.78 Å². The van der Waals surface area contributed by atoms with Crippen LogP contribution in [0.3, 0.4) is 0 Å². The molecule has 2 aliphatic rings. The number of phenols is 1. The highest BCUT2D eigenvalue weighted by atomic mass is 16.4. The summed E-state index contributed by atoms with van der Waals surface area (Å²) in [5, 5.41) is 43.6. The maximum atomic E-state index is 12.2. The number of phenolic OH excluding ortho intramolecular Hbond substituents is 1. The number of carboxylic acids is 1. The molecule has 4 rings (SSSR count). The molecule has 31 heavy (non-hydrogen) atoms. The Morgan fingerprint density at radius 2 is 1.94 bits per heavy atom. The number of aromatic hydroxyl groups is 2. The van der Waals surface area contributed by atoms with Gasteiger partial charge < -0.3 is 15.3 Å². The Kier molecular flexibility index (Phi) is 5.63. The van der Waals surface area contributed by atoms with Crippen LogP contribution < -0.4 is 0 Å². The summed E-state index contributed by atoms with van der Waals surface area (Å²) >= 11 is 0. The molecule has 0 saturated heterocycles. The van der Waals surface area contributed by atoms with Gasteiger partial charge in [0, 0.05) is 12.0 Å². The first-order chi connectivity index (χ1) is 14.9. The zero-order chi connectivity index (χ0) is 22.0. The van der Waals surface area contributed by atoms with E-state index in [1.165, 1.54) is 12.5 Å². The molecule has 0 bridgehead atoms. The molecule has 1 atom stereocenters. The van der Waals surface area contributed by atoms with Crippen LogP contribution in [-0.4, -0.2) is 36.6 Å².